The number of aromatic carboxylic acids is 1. The van der Waals surface area contributed by atoms with Gasteiger partial charge >= 0.3 is 5.97 Å². The normalized spacial score (nSPS) is 10.1. The van der Waals surface area contributed by atoms with Gasteiger partial charge in [0.15, 0.2) is 5.69 Å². The number of methoxy groups -OCH3 is 1. The van der Waals surface area contributed by atoms with Crippen LogP contribution in [0.4, 0.5) is 5.69 Å². The molecule has 0 aromatic carbocycles. The summed E-state index contributed by atoms with van der Waals surface area (Å²) in [7, 11) is 1.51. The van der Waals surface area contributed by atoms with Crippen molar-refractivity contribution in [2.45, 2.75) is 0 Å². The molecule has 92 valence electrons. The van der Waals surface area contributed by atoms with Gasteiger partial charge in [-0.05, 0) is 18.2 Å². The quantitative estimate of drug-likeness (QED) is 0.848. The lowest BCUT2D eigenvalue weighted by molar-refractivity contribution is 0.0692. The third-order valence-corrected chi connectivity index (χ3v) is 2.32. The highest BCUT2D eigenvalue weighted by Gasteiger charge is 2.12. The summed E-state index contributed by atoms with van der Waals surface area (Å²) in [5.74, 6) is -0.736. The van der Waals surface area contributed by atoms with Crippen molar-refractivity contribution >= 4 is 11.7 Å². The zero-order chi connectivity index (χ0) is 13.1. The van der Waals surface area contributed by atoms with E-state index in [4.69, 9.17) is 15.6 Å². The van der Waals surface area contributed by atoms with Crippen LogP contribution in [-0.2, 0) is 0 Å². The van der Waals surface area contributed by atoms with Gasteiger partial charge in [-0.25, -0.2) is 14.8 Å². The average molecular weight is 245 g/mol. The van der Waals surface area contributed by atoms with Gasteiger partial charge in [0.2, 0.25) is 5.88 Å². The number of nitrogen functional groups attached to an aromatic ring is 1. The number of pyridine rings is 2. The lowest BCUT2D eigenvalue weighted by atomic mass is 10.2. The van der Waals surface area contributed by atoms with Crippen LogP contribution in [0.25, 0.3) is 11.4 Å². The lowest BCUT2D eigenvalue weighted by Crippen LogP contribution is -2.06. The molecule has 0 saturated carbocycles. The molecule has 6 nitrogen and oxygen atoms in total. The first-order valence-corrected chi connectivity index (χ1v) is 5.13. The number of carboxylic acids is 1. The van der Waals surface area contributed by atoms with Crippen LogP contribution in [0, 0.1) is 0 Å². The number of nitrogens with two attached hydrogens (primary N) is 1. The minimum atomic E-state index is -1.17. The number of hydrogen-bond acceptors (Lipinski definition) is 5. The van der Waals surface area contributed by atoms with Crippen molar-refractivity contribution in [2.24, 2.45) is 0 Å². The Bertz CT molecular complexity index is 599. The summed E-state index contributed by atoms with van der Waals surface area (Å²) in [6.07, 6.45) is 0. The summed E-state index contributed by atoms with van der Waals surface area (Å²) >= 11 is 0. The SMILES string of the molecule is COc1cccc(-c2ccc(N)c(C(=O)O)n2)n1. The van der Waals surface area contributed by atoms with Crippen LogP contribution in [-0.4, -0.2) is 28.2 Å². The molecular weight excluding hydrogens is 234 g/mol. The third-order valence-electron chi connectivity index (χ3n) is 2.32. The van der Waals surface area contributed by atoms with Crippen LogP contribution in [0.5, 0.6) is 5.88 Å². The van der Waals surface area contributed by atoms with Gasteiger partial charge in [0.05, 0.1) is 24.2 Å². The number of rotatable bonds is 3. The predicted octanol–water partition coefficient (Wildman–Crippen LogP) is 1.43. The van der Waals surface area contributed by atoms with Crippen molar-refractivity contribution in [3.05, 3.63) is 36.0 Å². The molecule has 2 rings (SSSR count). The standard InChI is InChI=1S/C12H11N3O3/c1-18-10-4-2-3-8(14-10)9-6-5-7(13)11(15-9)12(16)17/h2-6H,13H2,1H3,(H,16,17). The Balaban J connectivity index is 2.50. The fourth-order valence-electron chi connectivity index (χ4n) is 1.46. The number of carbonyl (C=O) groups is 1. The first-order chi connectivity index (χ1) is 8.61. The van der Waals surface area contributed by atoms with E-state index >= 15 is 0 Å². The summed E-state index contributed by atoms with van der Waals surface area (Å²) in [5, 5.41) is 8.95. The van der Waals surface area contributed by atoms with E-state index in [2.05, 4.69) is 9.97 Å². The molecule has 0 aliphatic carbocycles. The van der Waals surface area contributed by atoms with E-state index in [1.165, 1.54) is 13.2 Å². The molecule has 0 unspecified atom stereocenters. The number of anilines is 1. The Labute approximate surface area is 103 Å². The molecule has 2 aromatic heterocycles. The van der Waals surface area contributed by atoms with Gasteiger partial charge in [-0.2, -0.15) is 0 Å². The highest BCUT2D eigenvalue weighted by atomic mass is 16.5. The minimum absolute atomic E-state index is 0.120. The Morgan fingerprint density at radius 3 is 2.61 bits per heavy atom. The van der Waals surface area contributed by atoms with Crippen molar-refractivity contribution in [2.75, 3.05) is 12.8 Å². The first kappa shape index (κ1) is 11.8. The fraction of sp³-hybridized carbons (Fsp3) is 0.0833. The Morgan fingerprint density at radius 2 is 1.94 bits per heavy atom. The molecule has 0 aliphatic heterocycles. The van der Waals surface area contributed by atoms with Crippen molar-refractivity contribution in [3.8, 4) is 17.3 Å². The number of nitrogens with zero attached hydrogens (tertiary/aromatic N) is 2. The monoisotopic (exact) mass is 245 g/mol. The Morgan fingerprint density at radius 1 is 1.22 bits per heavy atom. The summed E-state index contributed by atoms with van der Waals surface area (Å²) in [6.45, 7) is 0. The van der Waals surface area contributed by atoms with E-state index in [-0.39, 0.29) is 11.4 Å². The summed E-state index contributed by atoms with van der Waals surface area (Å²) in [4.78, 5) is 19.1. The second-order valence-corrected chi connectivity index (χ2v) is 3.50. The Kier molecular flexibility index (Phi) is 3.09. The zero-order valence-corrected chi connectivity index (χ0v) is 9.62. The molecule has 0 atom stereocenters. The first-order valence-electron chi connectivity index (χ1n) is 5.13. The number of hydrogen-bond donors (Lipinski definition) is 2. The minimum Gasteiger partial charge on any atom is -0.481 e. The molecule has 0 fully saturated rings. The van der Waals surface area contributed by atoms with Crippen LogP contribution in [0.3, 0.4) is 0 Å². The molecule has 2 heterocycles. The summed E-state index contributed by atoms with van der Waals surface area (Å²) in [5.41, 5.74) is 6.43. The molecule has 6 heteroatoms. The number of aromatic nitrogens is 2. The number of carboxylic acid groups (broad SMARTS) is 1. The lowest BCUT2D eigenvalue weighted by Gasteiger charge is -2.05. The second kappa shape index (κ2) is 4.70. The molecule has 0 aliphatic rings. The molecule has 0 radical (unpaired) electrons. The second-order valence-electron chi connectivity index (χ2n) is 3.50. The highest BCUT2D eigenvalue weighted by molar-refractivity contribution is 5.92. The van der Waals surface area contributed by atoms with Crippen molar-refractivity contribution < 1.29 is 14.6 Å². The van der Waals surface area contributed by atoms with E-state index < -0.39 is 5.97 Å². The van der Waals surface area contributed by atoms with Crippen LogP contribution in [0.1, 0.15) is 10.5 Å². The van der Waals surface area contributed by atoms with Crippen LogP contribution < -0.4 is 10.5 Å². The van der Waals surface area contributed by atoms with Gasteiger partial charge in [-0.15, -0.1) is 0 Å². The molecule has 0 spiro atoms. The van der Waals surface area contributed by atoms with Crippen LogP contribution in [0.2, 0.25) is 0 Å². The van der Waals surface area contributed by atoms with Gasteiger partial charge in [0.1, 0.15) is 0 Å². The van der Waals surface area contributed by atoms with E-state index in [0.29, 0.717) is 17.3 Å². The average Bonchev–Trinajstić information content (AvgIpc) is 2.39. The van der Waals surface area contributed by atoms with Gasteiger partial charge < -0.3 is 15.6 Å². The van der Waals surface area contributed by atoms with Crippen molar-refractivity contribution in [1.82, 2.24) is 9.97 Å². The van der Waals surface area contributed by atoms with Gasteiger partial charge in [-0.1, -0.05) is 6.07 Å². The number of ether oxygens (including phenoxy) is 1. The maximum Gasteiger partial charge on any atom is 0.356 e. The van der Waals surface area contributed by atoms with Gasteiger partial charge in [0, 0.05) is 6.07 Å². The molecular formula is C12H11N3O3. The maximum atomic E-state index is 10.9. The summed E-state index contributed by atoms with van der Waals surface area (Å²) < 4.78 is 5.00. The van der Waals surface area contributed by atoms with E-state index in [1.54, 1.807) is 24.3 Å². The molecule has 0 saturated heterocycles. The summed E-state index contributed by atoms with van der Waals surface area (Å²) in [6, 6.07) is 8.27. The molecule has 2 aromatic rings. The van der Waals surface area contributed by atoms with Crippen molar-refractivity contribution in [1.29, 1.82) is 0 Å². The molecule has 18 heavy (non-hydrogen) atoms. The predicted molar refractivity (Wildman–Crippen MR) is 65.4 cm³/mol. The van der Waals surface area contributed by atoms with Crippen LogP contribution >= 0.6 is 0 Å². The fourth-order valence-corrected chi connectivity index (χ4v) is 1.46. The maximum absolute atomic E-state index is 10.9. The smallest absolute Gasteiger partial charge is 0.356 e. The van der Waals surface area contributed by atoms with E-state index in [0.717, 1.165) is 0 Å². The Hall–Kier alpha value is -2.63. The largest absolute Gasteiger partial charge is 0.481 e. The third kappa shape index (κ3) is 2.22. The topological polar surface area (TPSA) is 98.3 Å². The van der Waals surface area contributed by atoms with E-state index in [1.807, 2.05) is 0 Å². The molecule has 0 amide bonds. The van der Waals surface area contributed by atoms with Crippen LogP contribution in [0.15, 0.2) is 30.3 Å². The van der Waals surface area contributed by atoms with Gasteiger partial charge in [0.25, 0.3) is 0 Å². The molecule has 0 bridgehead atoms. The molecule has 3 N–H and O–H groups in total. The highest BCUT2D eigenvalue weighted by Crippen LogP contribution is 2.20. The zero-order valence-electron chi connectivity index (χ0n) is 9.62. The van der Waals surface area contributed by atoms with E-state index in [9.17, 15) is 4.79 Å². The van der Waals surface area contributed by atoms with Gasteiger partial charge in [-0.3, -0.25) is 0 Å². The van der Waals surface area contributed by atoms with Crippen molar-refractivity contribution in [3.63, 3.8) is 0 Å².